The Bertz CT molecular complexity index is 642. The van der Waals surface area contributed by atoms with E-state index in [1.807, 2.05) is 0 Å². The Morgan fingerprint density at radius 1 is 1.59 bits per heavy atom. The molecule has 0 spiro atoms. The molecule has 6 heteroatoms. The van der Waals surface area contributed by atoms with Crippen LogP contribution in [0.4, 0.5) is 0 Å². The summed E-state index contributed by atoms with van der Waals surface area (Å²) in [7, 11) is 0. The predicted molar refractivity (Wildman–Crippen MR) is 65.1 cm³/mol. The highest BCUT2D eigenvalue weighted by atomic mass is 35.5. The van der Waals surface area contributed by atoms with Crippen LogP contribution in [0, 0.1) is 0 Å². The van der Waals surface area contributed by atoms with Crippen LogP contribution in [0.5, 0.6) is 0 Å². The average Bonchev–Trinajstić information content (AvgIpc) is 2.62. The summed E-state index contributed by atoms with van der Waals surface area (Å²) < 4.78 is 6.48. The van der Waals surface area contributed by atoms with E-state index in [1.165, 1.54) is 4.57 Å². The number of halogens is 1. The van der Waals surface area contributed by atoms with Crippen LogP contribution < -0.4 is 5.76 Å². The molecule has 0 aliphatic heterocycles. The van der Waals surface area contributed by atoms with Gasteiger partial charge in [0.25, 0.3) is 0 Å². The van der Waals surface area contributed by atoms with Crippen molar-refractivity contribution in [1.82, 2.24) is 4.57 Å². The number of benzene rings is 1. The Kier molecular flexibility index (Phi) is 2.93. The maximum Gasteiger partial charge on any atom is 0.420 e. The van der Waals surface area contributed by atoms with E-state index in [0.29, 0.717) is 21.8 Å². The molecule has 17 heavy (non-hydrogen) atoms. The molecule has 90 valence electrons. The van der Waals surface area contributed by atoms with Crippen molar-refractivity contribution in [3.05, 3.63) is 33.8 Å². The van der Waals surface area contributed by atoms with Gasteiger partial charge in [0.1, 0.15) is 0 Å². The third-order valence-corrected chi connectivity index (χ3v) is 2.96. The summed E-state index contributed by atoms with van der Waals surface area (Å²) in [5.41, 5.74) is 1.45. The van der Waals surface area contributed by atoms with Gasteiger partial charge >= 0.3 is 5.76 Å². The summed E-state index contributed by atoms with van der Waals surface area (Å²) in [6, 6.07) is 4.53. The Labute approximate surface area is 102 Å². The molecule has 1 atom stereocenters. The number of aromatic nitrogens is 1. The minimum absolute atomic E-state index is 0.396. The van der Waals surface area contributed by atoms with Crippen LogP contribution in [-0.4, -0.2) is 15.5 Å². The third kappa shape index (κ3) is 1.93. The molecule has 0 amide bonds. The fourth-order valence-corrected chi connectivity index (χ4v) is 1.81. The SMILES string of the molecule is CC(=NO)C(C)n1c(=O)oc2ccc(Cl)cc21. The molecule has 0 fully saturated rings. The van der Waals surface area contributed by atoms with Gasteiger partial charge in [0.05, 0.1) is 17.3 Å². The van der Waals surface area contributed by atoms with Crippen LogP contribution in [0.15, 0.2) is 32.6 Å². The van der Waals surface area contributed by atoms with Crippen LogP contribution in [0.2, 0.25) is 5.02 Å². The summed E-state index contributed by atoms with van der Waals surface area (Å²) in [4.78, 5) is 11.7. The lowest BCUT2D eigenvalue weighted by Crippen LogP contribution is -2.23. The number of rotatable bonds is 2. The van der Waals surface area contributed by atoms with E-state index >= 15 is 0 Å². The molecule has 5 nitrogen and oxygen atoms in total. The van der Waals surface area contributed by atoms with Gasteiger partial charge in [-0.1, -0.05) is 16.8 Å². The monoisotopic (exact) mass is 254 g/mol. The first-order valence-electron chi connectivity index (χ1n) is 5.03. The lowest BCUT2D eigenvalue weighted by Gasteiger charge is -2.10. The standard InChI is InChI=1S/C11H11ClN2O3/c1-6(13-16)7(2)14-9-5-8(12)3-4-10(9)17-11(14)15/h3-5,7,16H,1-2H3. The van der Waals surface area contributed by atoms with Gasteiger partial charge in [-0.15, -0.1) is 0 Å². The van der Waals surface area contributed by atoms with Crippen molar-refractivity contribution >= 4 is 28.4 Å². The molecular weight excluding hydrogens is 244 g/mol. The minimum atomic E-state index is -0.502. The van der Waals surface area contributed by atoms with Crippen molar-refractivity contribution < 1.29 is 9.62 Å². The van der Waals surface area contributed by atoms with Gasteiger partial charge in [-0.05, 0) is 32.0 Å². The topological polar surface area (TPSA) is 67.7 Å². The van der Waals surface area contributed by atoms with Crippen LogP contribution in [0.3, 0.4) is 0 Å². The van der Waals surface area contributed by atoms with E-state index < -0.39 is 11.8 Å². The average molecular weight is 255 g/mol. The molecule has 0 aliphatic rings. The Balaban J connectivity index is 2.72. The number of oxime groups is 1. The second-order valence-corrected chi connectivity index (χ2v) is 4.20. The van der Waals surface area contributed by atoms with Gasteiger partial charge in [-0.25, -0.2) is 4.79 Å². The number of nitrogens with zero attached hydrogens (tertiary/aromatic N) is 2. The van der Waals surface area contributed by atoms with E-state index in [1.54, 1.807) is 32.0 Å². The molecule has 1 unspecified atom stereocenters. The number of hydrogen-bond donors (Lipinski definition) is 1. The zero-order valence-corrected chi connectivity index (χ0v) is 10.1. The zero-order chi connectivity index (χ0) is 12.6. The Hall–Kier alpha value is -1.75. The molecule has 0 saturated carbocycles. The quantitative estimate of drug-likeness (QED) is 0.509. The molecule has 0 saturated heterocycles. The smallest absolute Gasteiger partial charge is 0.411 e. The van der Waals surface area contributed by atoms with Crippen LogP contribution >= 0.6 is 11.6 Å². The summed E-state index contributed by atoms with van der Waals surface area (Å²) >= 11 is 5.88. The van der Waals surface area contributed by atoms with E-state index in [9.17, 15) is 4.79 Å². The molecule has 2 rings (SSSR count). The lowest BCUT2D eigenvalue weighted by atomic mass is 10.2. The maximum atomic E-state index is 11.7. The molecular formula is C11H11ClN2O3. The highest BCUT2D eigenvalue weighted by Gasteiger charge is 2.17. The van der Waals surface area contributed by atoms with Gasteiger partial charge in [0, 0.05) is 5.02 Å². The summed E-state index contributed by atoms with van der Waals surface area (Å²) in [5.74, 6) is -0.502. The summed E-state index contributed by atoms with van der Waals surface area (Å²) in [6.45, 7) is 3.37. The van der Waals surface area contributed by atoms with Crippen LogP contribution in [-0.2, 0) is 0 Å². The molecule has 1 N–H and O–H groups in total. The molecule has 1 aromatic heterocycles. The van der Waals surface area contributed by atoms with Crippen molar-refractivity contribution in [2.24, 2.45) is 5.16 Å². The lowest BCUT2D eigenvalue weighted by molar-refractivity contribution is 0.314. The number of fused-ring (bicyclic) bond motifs is 1. The first-order chi connectivity index (χ1) is 8.04. The predicted octanol–water partition coefficient (Wildman–Crippen LogP) is 2.66. The van der Waals surface area contributed by atoms with Crippen molar-refractivity contribution in [2.45, 2.75) is 19.9 Å². The fraction of sp³-hybridized carbons (Fsp3) is 0.273. The third-order valence-electron chi connectivity index (χ3n) is 2.72. The van der Waals surface area contributed by atoms with E-state index in [0.717, 1.165) is 0 Å². The van der Waals surface area contributed by atoms with E-state index in [4.69, 9.17) is 21.2 Å². The van der Waals surface area contributed by atoms with Gasteiger partial charge < -0.3 is 9.62 Å². The molecule has 0 aliphatic carbocycles. The second kappa shape index (κ2) is 4.25. The zero-order valence-electron chi connectivity index (χ0n) is 9.35. The number of hydrogen-bond acceptors (Lipinski definition) is 4. The van der Waals surface area contributed by atoms with Crippen LogP contribution in [0.25, 0.3) is 11.1 Å². The Morgan fingerprint density at radius 2 is 2.29 bits per heavy atom. The van der Waals surface area contributed by atoms with Crippen molar-refractivity contribution in [3.8, 4) is 0 Å². The second-order valence-electron chi connectivity index (χ2n) is 3.77. The normalized spacial score (nSPS) is 14.2. The molecule has 0 radical (unpaired) electrons. The fourth-order valence-electron chi connectivity index (χ4n) is 1.64. The van der Waals surface area contributed by atoms with Crippen molar-refractivity contribution in [2.75, 3.05) is 0 Å². The molecule has 1 aromatic carbocycles. The van der Waals surface area contributed by atoms with Crippen molar-refractivity contribution in [3.63, 3.8) is 0 Å². The van der Waals surface area contributed by atoms with Gasteiger partial charge in [0.2, 0.25) is 0 Å². The molecule has 2 aromatic rings. The largest absolute Gasteiger partial charge is 0.420 e. The molecule has 0 bridgehead atoms. The van der Waals surface area contributed by atoms with Gasteiger partial charge in [0.15, 0.2) is 5.58 Å². The summed E-state index contributed by atoms with van der Waals surface area (Å²) in [6.07, 6.45) is 0. The van der Waals surface area contributed by atoms with E-state index in [-0.39, 0.29) is 0 Å². The first-order valence-corrected chi connectivity index (χ1v) is 5.41. The van der Waals surface area contributed by atoms with Gasteiger partial charge in [-0.2, -0.15) is 0 Å². The minimum Gasteiger partial charge on any atom is -0.411 e. The van der Waals surface area contributed by atoms with Crippen LogP contribution in [0.1, 0.15) is 19.9 Å². The number of oxazole rings is 1. The van der Waals surface area contributed by atoms with Gasteiger partial charge in [-0.3, -0.25) is 4.57 Å². The summed E-state index contributed by atoms with van der Waals surface area (Å²) in [5, 5.41) is 12.3. The Morgan fingerprint density at radius 3 is 2.94 bits per heavy atom. The molecule has 1 heterocycles. The first kappa shape index (κ1) is 11.7. The highest BCUT2D eigenvalue weighted by molar-refractivity contribution is 6.31. The van der Waals surface area contributed by atoms with E-state index in [2.05, 4.69) is 5.16 Å². The van der Waals surface area contributed by atoms with Crippen molar-refractivity contribution in [1.29, 1.82) is 0 Å². The highest BCUT2D eigenvalue weighted by Crippen LogP contribution is 2.21. The maximum absolute atomic E-state index is 11.7.